The number of nitro groups is 1. The molecule has 1 aromatic carbocycles. The van der Waals surface area contributed by atoms with Crippen molar-refractivity contribution >= 4 is 37.7 Å². The summed E-state index contributed by atoms with van der Waals surface area (Å²) >= 11 is 6.41. The van der Waals surface area contributed by atoms with Crippen molar-refractivity contribution in [2.45, 2.75) is 6.43 Å². The lowest BCUT2D eigenvalue weighted by Gasteiger charge is -2.04. The van der Waals surface area contributed by atoms with Gasteiger partial charge in [0.25, 0.3) is 6.43 Å². The molecular formula is C10H5Br2F2N3O2. The van der Waals surface area contributed by atoms with Crippen LogP contribution in [-0.4, -0.2) is 15.1 Å². The van der Waals surface area contributed by atoms with E-state index in [1.165, 1.54) is 12.1 Å². The van der Waals surface area contributed by atoms with Gasteiger partial charge in [0.05, 0.1) is 0 Å². The normalized spacial score (nSPS) is 11.0. The first-order valence-corrected chi connectivity index (χ1v) is 6.46. The van der Waals surface area contributed by atoms with Crippen LogP contribution < -0.4 is 0 Å². The van der Waals surface area contributed by atoms with Crippen LogP contribution in [-0.2, 0) is 0 Å². The maximum Gasteiger partial charge on any atom is 0.351 e. The molecule has 1 aromatic heterocycles. The van der Waals surface area contributed by atoms with Crippen molar-refractivity contribution in [1.82, 2.24) is 10.2 Å². The number of alkyl halides is 2. The third-order valence-electron chi connectivity index (χ3n) is 2.32. The molecule has 0 spiro atoms. The molecule has 0 radical (unpaired) electrons. The maximum absolute atomic E-state index is 12.9. The number of aromatic nitrogens is 2. The van der Waals surface area contributed by atoms with E-state index in [1.807, 2.05) is 5.10 Å². The zero-order chi connectivity index (χ0) is 14.2. The Balaban J connectivity index is 2.71. The molecule has 100 valence electrons. The Labute approximate surface area is 122 Å². The van der Waals surface area contributed by atoms with E-state index < -0.39 is 22.9 Å². The second kappa shape index (κ2) is 5.33. The van der Waals surface area contributed by atoms with Gasteiger partial charge in [0, 0.05) is 8.95 Å². The molecule has 0 unspecified atom stereocenters. The highest BCUT2D eigenvalue weighted by Crippen LogP contribution is 2.38. The Morgan fingerprint density at radius 2 is 1.84 bits per heavy atom. The Kier molecular flexibility index (Phi) is 3.95. The summed E-state index contributed by atoms with van der Waals surface area (Å²) in [6.45, 7) is 0. The van der Waals surface area contributed by atoms with E-state index in [2.05, 4.69) is 37.0 Å². The van der Waals surface area contributed by atoms with Crippen molar-refractivity contribution in [3.63, 3.8) is 0 Å². The Morgan fingerprint density at radius 3 is 2.32 bits per heavy atom. The van der Waals surface area contributed by atoms with Gasteiger partial charge in [-0.1, -0.05) is 37.0 Å². The molecule has 0 amide bonds. The summed E-state index contributed by atoms with van der Waals surface area (Å²) in [5, 5.41) is 16.2. The van der Waals surface area contributed by atoms with Crippen molar-refractivity contribution in [3.05, 3.63) is 43.0 Å². The monoisotopic (exact) mass is 395 g/mol. The van der Waals surface area contributed by atoms with E-state index in [0.29, 0.717) is 8.95 Å². The van der Waals surface area contributed by atoms with Gasteiger partial charge >= 0.3 is 5.82 Å². The highest BCUT2D eigenvalue weighted by atomic mass is 79.9. The fraction of sp³-hybridized carbons (Fsp3) is 0.100. The van der Waals surface area contributed by atoms with Gasteiger partial charge in [0.15, 0.2) is 5.69 Å². The summed E-state index contributed by atoms with van der Waals surface area (Å²) < 4.78 is 26.9. The second-order valence-corrected chi connectivity index (χ2v) is 5.38. The Hall–Kier alpha value is -1.35. The molecule has 1 heterocycles. The molecule has 9 heteroatoms. The summed E-state index contributed by atoms with van der Waals surface area (Å²) in [5.41, 5.74) is -0.573. The molecule has 0 atom stereocenters. The first-order valence-electron chi connectivity index (χ1n) is 4.87. The lowest BCUT2D eigenvalue weighted by atomic mass is 10.1. The molecule has 5 nitrogen and oxygen atoms in total. The number of aromatic amines is 1. The lowest BCUT2D eigenvalue weighted by molar-refractivity contribution is -0.388. The number of hydrogen-bond donors (Lipinski definition) is 1. The number of H-pyrrole nitrogens is 1. The van der Waals surface area contributed by atoms with Gasteiger partial charge in [0.2, 0.25) is 0 Å². The quantitative estimate of drug-likeness (QED) is 0.615. The molecule has 2 aromatic rings. The molecule has 0 aliphatic rings. The van der Waals surface area contributed by atoms with Gasteiger partial charge in [-0.2, -0.15) is 0 Å². The smallest absolute Gasteiger partial charge is 0.351 e. The molecule has 0 bridgehead atoms. The van der Waals surface area contributed by atoms with E-state index in [9.17, 15) is 18.9 Å². The summed E-state index contributed by atoms with van der Waals surface area (Å²) in [6.07, 6.45) is -2.90. The molecule has 0 aliphatic carbocycles. The summed E-state index contributed by atoms with van der Waals surface area (Å²) in [4.78, 5) is 10.1. The molecule has 1 N–H and O–H groups in total. The number of benzene rings is 1. The van der Waals surface area contributed by atoms with Crippen LogP contribution in [0.1, 0.15) is 12.1 Å². The first-order chi connectivity index (χ1) is 8.90. The number of halogens is 4. The van der Waals surface area contributed by atoms with Crippen LogP contribution in [0.5, 0.6) is 0 Å². The predicted molar refractivity (Wildman–Crippen MR) is 71.0 cm³/mol. The van der Waals surface area contributed by atoms with E-state index in [-0.39, 0.29) is 11.1 Å². The standard InChI is InChI=1S/C10H5Br2F2N3O2/c11-5-1-4(2-6(12)3-5)7-8(9(13)14)15-16-10(7)17(18)19/h1-3,9H,(H,15,16). The van der Waals surface area contributed by atoms with Crippen molar-refractivity contribution < 1.29 is 13.7 Å². The van der Waals surface area contributed by atoms with Gasteiger partial charge in [-0.05, 0) is 28.7 Å². The minimum absolute atomic E-state index is 0.206. The van der Waals surface area contributed by atoms with Crippen LogP contribution in [0.4, 0.5) is 14.6 Å². The zero-order valence-corrected chi connectivity index (χ0v) is 12.2. The molecule has 0 saturated heterocycles. The molecule has 0 fully saturated rings. The lowest BCUT2D eigenvalue weighted by Crippen LogP contribution is -1.93. The Morgan fingerprint density at radius 1 is 1.26 bits per heavy atom. The van der Waals surface area contributed by atoms with Crippen molar-refractivity contribution in [2.24, 2.45) is 0 Å². The summed E-state index contributed by atoms with van der Waals surface area (Å²) in [5.74, 6) is -0.555. The van der Waals surface area contributed by atoms with Crippen molar-refractivity contribution in [2.75, 3.05) is 0 Å². The highest BCUT2D eigenvalue weighted by Gasteiger charge is 2.28. The maximum atomic E-state index is 12.9. The number of nitrogens with one attached hydrogen (secondary N) is 1. The molecule has 0 aliphatic heterocycles. The number of nitrogens with zero attached hydrogens (tertiary/aromatic N) is 2. The molecule has 2 rings (SSSR count). The van der Waals surface area contributed by atoms with Crippen LogP contribution >= 0.6 is 31.9 Å². The van der Waals surface area contributed by atoms with Gasteiger partial charge in [-0.3, -0.25) is 0 Å². The SMILES string of the molecule is O=[N+]([O-])c1[nH]nc(C(F)F)c1-c1cc(Br)cc(Br)c1. The minimum Gasteiger partial charge on any atom is -0.358 e. The third kappa shape index (κ3) is 2.81. The molecule has 0 saturated carbocycles. The first kappa shape index (κ1) is 14.1. The fourth-order valence-electron chi connectivity index (χ4n) is 1.62. The van der Waals surface area contributed by atoms with E-state index in [0.717, 1.165) is 0 Å². The third-order valence-corrected chi connectivity index (χ3v) is 3.23. The average Bonchev–Trinajstić information content (AvgIpc) is 2.71. The number of rotatable bonds is 3. The van der Waals surface area contributed by atoms with Gasteiger partial charge < -0.3 is 10.1 Å². The van der Waals surface area contributed by atoms with Gasteiger partial charge in [-0.25, -0.2) is 8.78 Å². The molecule has 19 heavy (non-hydrogen) atoms. The zero-order valence-electron chi connectivity index (χ0n) is 9.03. The largest absolute Gasteiger partial charge is 0.358 e. The van der Waals surface area contributed by atoms with E-state index in [4.69, 9.17) is 0 Å². The summed E-state index contributed by atoms with van der Waals surface area (Å²) in [6, 6.07) is 4.71. The predicted octanol–water partition coefficient (Wildman–Crippen LogP) is 4.45. The van der Waals surface area contributed by atoms with Gasteiger partial charge in [0.1, 0.15) is 5.56 Å². The van der Waals surface area contributed by atoms with Crippen molar-refractivity contribution in [3.8, 4) is 11.1 Å². The summed E-state index contributed by atoms with van der Waals surface area (Å²) in [7, 11) is 0. The number of hydrogen-bond acceptors (Lipinski definition) is 3. The highest BCUT2D eigenvalue weighted by molar-refractivity contribution is 9.11. The topological polar surface area (TPSA) is 71.8 Å². The second-order valence-electron chi connectivity index (χ2n) is 3.55. The Bertz CT molecular complexity index is 625. The van der Waals surface area contributed by atoms with Crippen LogP contribution in [0, 0.1) is 10.1 Å². The van der Waals surface area contributed by atoms with Crippen LogP contribution in [0.15, 0.2) is 27.1 Å². The fourth-order valence-corrected chi connectivity index (χ4v) is 2.91. The van der Waals surface area contributed by atoms with Crippen molar-refractivity contribution in [1.29, 1.82) is 0 Å². The van der Waals surface area contributed by atoms with Crippen LogP contribution in [0.3, 0.4) is 0 Å². The van der Waals surface area contributed by atoms with E-state index >= 15 is 0 Å². The minimum atomic E-state index is -2.90. The average molecular weight is 397 g/mol. The van der Waals surface area contributed by atoms with Crippen LogP contribution in [0.25, 0.3) is 11.1 Å². The van der Waals surface area contributed by atoms with Crippen LogP contribution in [0.2, 0.25) is 0 Å². The molecular weight excluding hydrogens is 392 g/mol. The van der Waals surface area contributed by atoms with Gasteiger partial charge in [-0.15, -0.1) is 5.10 Å². The van der Waals surface area contributed by atoms with E-state index in [1.54, 1.807) is 6.07 Å².